The van der Waals surface area contributed by atoms with Crippen molar-refractivity contribution in [1.82, 2.24) is 29.3 Å². The highest BCUT2D eigenvalue weighted by Crippen LogP contribution is 2.45. The van der Waals surface area contributed by atoms with Gasteiger partial charge in [0.15, 0.2) is 0 Å². The fourth-order valence-corrected chi connectivity index (χ4v) is 8.63. The Morgan fingerprint density at radius 1 is 1.11 bits per heavy atom. The minimum Gasteiger partial charge on any atom is -0.481 e. The zero-order valence-electron chi connectivity index (χ0n) is 27.4. The normalized spacial score (nSPS) is 20.0. The number of rotatable bonds is 7. The number of ether oxygens (including phenoxy) is 2. The van der Waals surface area contributed by atoms with E-state index in [9.17, 15) is 18.3 Å². The Balaban J connectivity index is 1.32. The molecule has 12 nitrogen and oxygen atoms in total. The third-order valence-corrected chi connectivity index (χ3v) is 11.8. The standard InChI is InChI=1S/C34H40N6O6S/c1-20-14-28-31(36-16-20)46-34(10-12-45-13-11-34)19-39(47(28,43)44)18-24-15-23(17-35-22(24)3)29(33(4,5)32(41)42)26-8-9-27-30(21(26)2)37-38-40(27)25-6-7-25/h8-9,14-17,25,29H,6-7,10-13,18-19H2,1-5H3,(H,41,42). The number of nitrogens with zero attached hydrogens (tertiary/aromatic N) is 6. The second-order valence-electron chi connectivity index (χ2n) is 13.9. The van der Waals surface area contributed by atoms with E-state index < -0.39 is 32.9 Å². The fourth-order valence-electron chi connectivity index (χ4n) is 6.99. The van der Waals surface area contributed by atoms with Gasteiger partial charge >= 0.3 is 5.97 Å². The molecule has 4 aromatic rings. The second-order valence-corrected chi connectivity index (χ2v) is 15.8. The quantitative estimate of drug-likeness (QED) is 0.291. The van der Waals surface area contributed by atoms with Crippen molar-refractivity contribution in [3.05, 3.63) is 70.2 Å². The van der Waals surface area contributed by atoms with Gasteiger partial charge in [0.05, 0.1) is 36.7 Å². The predicted octanol–water partition coefficient (Wildman–Crippen LogP) is 4.86. The molecule has 5 heterocycles. The van der Waals surface area contributed by atoms with Gasteiger partial charge < -0.3 is 14.6 Å². The van der Waals surface area contributed by atoms with Gasteiger partial charge in [0.25, 0.3) is 0 Å². The smallest absolute Gasteiger partial charge is 0.310 e. The zero-order valence-corrected chi connectivity index (χ0v) is 28.2. The van der Waals surface area contributed by atoms with Crippen molar-refractivity contribution in [3.63, 3.8) is 0 Å². The van der Waals surface area contributed by atoms with Crippen molar-refractivity contribution >= 4 is 27.0 Å². The highest BCUT2D eigenvalue weighted by molar-refractivity contribution is 7.89. The molecule has 1 atom stereocenters. The molecule has 3 aliphatic rings. The lowest BCUT2D eigenvalue weighted by Crippen LogP contribution is -2.50. The Bertz CT molecular complexity index is 2000. The van der Waals surface area contributed by atoms with Gasteiger partial charge in [0.2, 0.25) is 15.9 Å². The van der Waals surface area contributed by atoms with Crippen molar-refractivity contribution in [1.29, 1.82) is 0 Å². The Kier molecular flexibility index (Phi) is 7.64. The first-order chi connectivity index (χ1) is 22.3. The van der Waals surface area contributed by atoms with Gasteiger partial charge in [-0.25, -0.2) is 18.1 Å². The Hall–Kier alpha value is -3.94. The minimum atomic E-state index is -4.02. The van der Waals surface area contributed by atoms with Crippen LogP contribution in [0.3, 0.4) is 0 Å². The van der Waals surface area contributed by atoms with Crippen LogP contribution in [0.2, 0.25) is 0 Å². The number of benzene rings is 1. The first-order valence-electron chi connectivity index (χ1n) is 16.1. The molecule has 1 aliphatic carbocycles. The predicted molar refractivity (Wildman–Crippen MR) is 173 cm³/mol. The summed E-state index contributed by atoms with van der Waals surface area (Å²) >= 11 is 0. The molecule has 2 fully saturated rings. The van der Waals surface area contributed by atoms with Crippen molar-refractivity contribution in [2.24, 2.45) is 5.41 Å². The van der Waals surface area contributed by atoms with Crippen LogP contribution in [-0.2, 0) is 26.1 Å². The van der Waals surface area contributed by atoms with Crippen LogP contribution in [0.25, 0.3) is 11.0 Å². The molecule has 3 aromatic heterocycles. The Labute approximate surface area is 274 Å². The van der Waals surface area contributed by atoms with E-state index >= 15 is 0 Å². The summed E-state index contributed by atoms with van der Waals surface area (Å²) < 4.78 is 44.1. The maximum atomic E-state index is 14.3. The van der Waals surface area contributed by atoms with Crippen LogP contribution in [0.5, 0.6) is 5.88 Å². The molecule has 248 valence electrons. The van der Waals surface area contributed by atoms with Gasteiger partial charge in [0.1, 0.15) is 16.0 Å². The molecule has 0 amide bonds. The summed E-state index contributed by atoms with van der Waals surface area (Å²) in [6, 6.07) is 7.83. The van der Waals surface area contributed by atoms with E-state index in [0.29, 0.717) is 54.5 Å². The summed E-state index contributed by atoms with van der Waals surface area (Å²) in [4.78, 5) is 22.0. The molecule has 47 heavy (non-hydrogen) atoms. The zero-order chi connectivity index (χ0) is 33.3. The average molecular weight is 661 g/mol. The van der Waals surface area contributed by atoms with Gasteiger partial charge in [-0.05, 0) is 87.4 Å². The van der Waals surface area contributed by atoms with Crippen molar-refractivity contribution in [3.8, 4) is 5.88 Å². The van der Waals surface area contributed by atoms with Crippen molar-refractivity contribution in [2.45, 2.75) is 89.3 Å². The number of fused-ring (bicyclic) bond motifs is 2. The van der Waals surface area contributed by atoms with Crippen LogP contribution in [-0.4, -0.2) is 74.1 Å². The molecule has 1 saturated carbocycles. The van der Waals surface area contributed by atoms with Gasteiger partial charge in [0, 0.05) is 43.4 Å². The number of carbonyl (C=O) groups is 1. The topological polar surface area (TPSA) is 150 Å². The van der Waals surface area contributed by atoms with Gasteiger partial charge in [-0.15, -0.1) is 5.10 Å². The summed E-state index contributed by atoms with van der Waals surface area (Å²) in [7, 11) is -4.02. The van der Waals surface area contributed by atoms with Crippen molar-refractivity contribution < 1.29 is 27.8 Å². The molecule has 1 N–H and O–H groups in total. The minimum absolute atomic E-state index is 0.0301. The lowest BCUT2D eigenvalue weighted by molar-refractivity contribution is -0.147. The van der Waals surface area contributed by atoms with E-state index in [2.05, 4.69) is 15.3 Å². The number of aromatic nitrogens is 5. The molecule has 0 bridgehead atoms. The molecule has 1 saturated heterocycles. The number of hydrogen-bond donors (Lipinski definition) is 1. The number of aliphatic carboxylic acids is 1. The summed E-state index contributed by atoms with van der Waals surface area (Å²) in [5.41, 5.74) is 4.06. The molecular formula is C34H40N6O6S. The second kappa shape index (κ2) is 11.3. The molecule has 7 rings (SSSR count). The van der Waals surface area contributed by atoms with Gasteiger partial charge in [-0.1, -0.05) is 17.3 Å². The highest BCUT2D eigenvalue weighted by atomic mass is 32.2. The molecule has 1 spiro atoms. The van der Waals surface area contributed by atoms with Crippen LogP contribution in [0.15, 0.2) is 41.6 Å². The summed E-state index contributed by atoms with van der Waals surface area (Å²) in [5, 5.41) is 19.4. The largest absolute Gasteiger partial charge is 0.481 e. The number of carboxylic acids is 1. The van der Waals surface area contributed by atoms with Crippen LogP contribution in [0, 0.1) is 26.2 Å². The first-order valence-corrected chi connectivity index (χ1v) is 17.5. The van der Waals surface area contributed by atoms with E-state index in [-0.39, 0.29) is 23.9 Å². The monoisotopic (exact) mass is 660 g/mol. The summed E-state index contributed by atoms with van der Waals surface area (Å²) in [5.74, 6) is -1.46. The highest BCUT2D eigenvalue weighted by Gasteiger charge is 2.46. The molecular weight excluding hydrogens is 620 g/mol. The summed E-state index contributed by atoms with van der Waals surface area (Å²) in [6.07, 6.45) is 6.51. The number of carboxylic acid groups (broad SMARTS) is 1. The van der Waals surface area contributed by atoms with Crippen LogP contribution < -0.4 is 4.74 Å². The van der Waals surface area contributed by atoms with E-state index in [0.717, 1.165) is 35.0 Å². The van der Waals surface area contributed by atoms with E-state index in [1.165, 1.54) is 4.31 Å². The number of aryl methyl sites for hydroxylation is 3. The van der Waals surface area contributed by atoms with Gasteiger partial charge in [-0.2, -0.15) is 4.31 Å². The Morgan fingerprint density at radius 2 is 1.85 bits per heavy atom. The van der Waals surface area contributed by atoms with E-state index in [1.807, 2.05) is 36.7 Å². The molecule has 0 radical (unpaired) electrons. The molecule has 2 aliphatic heterocycles. The van der Waals surface area contributed by atoms with Crippen LogP contribution >= 0.6 is 0 Å². The number of pyridine rings is 2. The third kappa shape index (κ3) is 5.47. The maximum Gasteiger partial charge on any atom is 0.310 e. The lowest BCUT2D eigenvalue weighted by Gasteiger charge is -2.38. The van der Waals surface area contributed by atoms with Gasteiger partial charge in [-0.3, -0.25) is 9.78 Å². The number of sulfonamides is 1. The summed E-state index contributed by atoms with van der Waals surface area (Å²) in [6.45, 7) is 10.1. The fraction of sp³-hybridized carbons (Fsp3) is 0.500. The SMILES string of the molecule is Cc1cnc2c(c1)S(=O)(=O)N(Cc1cc(C(c3ccc4c(nnn4C4CC4)c3C)C(C)(C)C(=O)O)cnc1C)CC1(CCOCC1)O2. The van der Waals surface area contributed by atoms with E-state index in [1.54, 1.807) is 39.2 Å². The average Bonchev–Trinajstić information content (AvgIpc) is 3.79. The van der Waals surface area contributed by atoms with Crippen molar-refractivity contribution in [2.75, 3.05) is 19.8 Å². The maximum absolute atomic E-state index is 14.3. The molecule has 13 heteroatoms. The Morgan fingerprint density at radius 3 is 2.55 bits per heavy atom. The first kappa shape index (κ1) is 31.6. The molecule has 1 unspecified atom stereocenters. The van der Waals surface area contributed by atoms with E-state index in [4.69, 9.17) is 14.5 Å². The molecule has 1 aromatic carbocycles. The number of hydrogen-bond acceptors (Lipinski definition) is 9. The van der Waals surface area contributed by atoms with Crippen LogP contribution in [0.1, 0.15) is 85.0 Å². The lowest BCUT2D eigenvalue weighted by atomic mass is 9.70. The van der Waals surface area contributed by atoms with Crippen LogP contribution in [0.4, 0.5) is 0 Å². The third-order valence-electron chi connectivity index (χ3n) is 10.1.